The zero-order chi connectivity index (χ0) is 15.6. The average molecular weight is 302 g/mol. The number of hydrogen-bond donors (Lipinski definition) is 4. The number of nitrogens with zero attached hydrogens (tertiary/aromatic N) is 1. The smallest absolute Gasteiger partial charge is 0.330 e. The van der Waals surface area contributed by atoms with Crippen LogP contribution in [0.25, 0.3) is 0 Å². The monoisotopic (exact) mass is 302 g/mol. The van der Waals surface area contributed by atoms with Gasteiger partial charge in [-0.3, -0.25) is 14.3 Å². The number of H-pyrrole nitrogens is 1. The number of nitrogens with one attached hydrogen (secondary N) is 1. The van der Waals surface area contributed by atoms with Crippen LogP contribution in [0.3, 0.4) is 0 Å². The fraction of sp³-hybridized carbons (Fsp3) is 0.667. The molecule has 1 saturated heterocycles. The quantitative estimate of drug-likeness (QED) is 0.474. The minimum absolute atomic E-state index is 0.284. The SMILES string of the molecule is CCOC[C@@]1(O)[C@H](O)[C@@H](CO)O[C@H]1n1ccc(=O)[nH]c1=O. The summed E-state index contributed by atoms with van der Waals surface area (Å²) in [6.07, 6.45) is -2.66. The first-order valence-electron chi connectivity index (χ1n) is 6.50. The Hall–Kier alpha value is -1.52. The molecule has 1 aromatic heterocycles. The second-order valence-electron chi connectivity index (χ2n) is 4.80. The van der Waals surface area contributed by atoms with Crippen molar-refractivity contribution >= 4 is 0 Å². The van der Waals surface area contributed by atoms with E-state index in [1.807, 2.05) is 4.98 Å². The maximum Gasteiger partial charge on any atom is 0.330 e. The first-order chi connectivity index (χ1) is 9.93. The number of aromatic amines is 1. The normalized spacial score (nSPS) is 32.5. The van der Waals surface area contributed by atoms with Crippen LogP contribution < -0.4 is 11.2 Å². The summed E-state index contributed by atoms with van der Waals surface area (Å²) >= 11 is 0. The van der Waals surface area contributed by atoms with Crippen LogP contribution in [0.4, 0.5) is 0 Å². The number of rotatable bonds is 5. The fourth-order valence-electron chi connectivity index (χ4n) is 2.31. The number of aromatic nitrogens is 2. The molecule has 4 atom stereocenters. The van der Waals surface area contributed by atoms with Crippen molar-refractivity contribution in [3.63, 3.8) is 0 Å². The molecule has 1 fully saturated rings. The van der Waals surface area contributed by atoms with Crippen molar-refractivity contribution in [2.24, 2.45) is 0 Å². The van der Waals surface area contributed by atoms with Crippen molar-refractivity contribution in [3.05, 3.63) is 33.1 Å². The highest BCUT2D eigenvalue weighted by molar-refractivity contribution is 5.03. The first kappa shape index (κ1) is 15.9. The number of aliphatic hydroxyl groups excluding tert-OH is 2. The van der Waals surface area contributed by atoms with Gasteiger partial charge in [0.25, 0.3) is 5.56 Å². The molecule has 9 heteroatoms. The molecule has 1 aliphatic heterocycles. The first-order valence-corrected chi connectivity index (χ1v) is 6.50. The third-order valence-corrected chi connectivity index (χ3v) is 3.42. The van der Waals surface area contributed by atoms with E-state index in [1.54, 1.807) is 6.92 Å². The largest absolute Gasteiger partial charge is 0.394 e. The molecule has 2 rings (SSSR count). The van der Waals surface area contributed by atoms with Crippen LogP contribution in [0, 0.1) is 0 Å². The second kappa shape index (κ2) is 6.08. The molecular formula is C12H18N2O7. The van der Waals surface area contributed by atoms with Gasteiger partial charge in [0.2, 0.25) is 0 Å². The molecule has 0 aliphatic carbocycles. The molecule has 4 N–H and O–H groups in total. The maximum absolute atomic E-state index is 11.8. The Labute approximate surface area is 119 Å². The van der Waals surface area contributed by atoms with E-state index in [1.165, 1.54) is 0 Å². The summed E-state index contributed by atoms with van der Waals surface area (Å²) in [5.74, 6) is 0. The molecule has 0 radical (unpaired) electrons. The van der Waals surface area contributed by atoms with E-state index in [4.69, 9.17) is 9.47 Å². The Kier molecular flexibility index (Phi) is 4.59. The summed E-state index contributed by atoms with van der Waals surface area (Å²) in [5.41, 5.74) is -3.32. The third-order valence-electron chi connectivity index (χ3n) is 3.42. The molecule has 0 spiro atoms. The second-order valence-corrected chi connectivity index (χ2v) is 4.80. The molecule has 0 unspecified atom stereocenters. The van der Waals surface area contributed by atoms with Crippen molar-refractivity contribution in [3.8, 4) is 0 Å². The van der Waals surface area contributed by atoms with Gasteiger partial charge in [-0.05, 0) is 6.92 Å². The summed E-state index contributed by atoms with van der Waals surface area (Å²) in [6.45, 7) is 1.16. The van der Waals surface area contributed by atoms with Crippen LogP contribution in [0.1, 0.15) is 13.2 Å². The van der Waals surface area contributed by atoms with Crippen molar-refractivity contribution in [1.29, 1.82) is 0 Å². The van der Waals surface area contributed by atoms with Gasteiger partial charge in [-0.25, -0.2) is 4.79 Å². The molecule has 2 heterocycles. The molecule has 118 valence electrons. The van der Waals surface area contributed by atoms with Crippen LogP contribution in [-0.2, 0) is 9.47 Å². The van der Waals surface area contributed by atoms with Crippen LogP contribution in [0.15, 0.2) is 21.9 Å². The number of aliphatic hydroxyl groups is 3. The molecule has 0 amide bonds. The predicted octanol–water partition coefficient (Wildman–Crippen LogP) is -2.45. The van der Waals surface area contributed by atoms with Crippen LogP contribution in [0.5, 0.6) is 0 Å². The van der Waals surface area contributed by atoms with Gasteiger partial charge in [0.1, 0.15) is 12.2 Å². The summed E-state index contributed by atoms with van der Waals surface area (Å²) in [6, 6.07) is 1.09. The Balaban J connectivity index is 2.43. The predicted molar refractivity (Wildman–Crippen MR) is 69.8 cm³/mol. The van der Waals surface area contributed by atoms with E-state index in [2.05, 4.69) is 0 Å². The van der Waals surface area contributed by atoms with Gasteiger partial charge in [0, 0.05) is 18.9 Å². The molecule has 9 nitrogen and oxygen atoms in total. The highest BCUT2D eigenvalue weighted by Gasteiger charge is 2.56. The van der Waals surface area contributed by atoms with E-state index >= 15 is 0 Å². The van der Waals surface area contributed by atoms with E-state index in [0.717, 1.165) is 16.8 Å². The van der Waals surface area contributed by atoms with Crippen molar-refractivity contribution in [2.75, 3.05) is 19.8 Å². The van der Waals surface area contributed by atoms with E-state index < -0.39 is 41.9 Å². The van der Waals surface area contributed by atoms with Gasteiger partial charge in [-0.2, -0.15) is 0 Å². The minimum Gasteiger partial charge on any atom is -0.394 e. The molecule has 0 saturated carbocycles. The Morgan fingerprint density at radius 2 is 2.24 bits per heavy atom. The Morgan fingerprint density at radius 3 is 2.81 bits per heavy atom. The van der Waals surface area contributed by atoms with E-state index in [9.17, 15) is 24.9 Å². The molecule has 0 bridgehead atoms. The Morgan fingerprint density at radius 1 is 1.52 bits per heavy atom. The lowest BCUT2D eigenvalue weighted by Gasteiger charge is -2.31. The Bertz CT molecular complexity index is 598. The number of hydrogen-bond acceptors (Lipinski definition) is 7. The van der Waals surface area contributed by atoms with Crippen molar-refractivity contribution in [1.82, 2.24) is 9.55 Å². The molecule has 0 aromatic carbocycles. The lowest BCUT2D eigenvalue weighted by Crippen LogP contribution is -2.52. The standard InChI is InChI=1S/C12H18N2O7/c1-2-20-6-12(19)9(17)7(5-15)21-10(12)14-4-3-8(16)13-11(14)18/h3-4,7,9-10,15,17,19H,2,5-6H2,1H3,(H,13,16,18)/t7-,9-,10-,12-/m1/s1. The molecule has 1 aromatic rings. The lowest BCUT2D eigenvalue weighted by atomic mass is 9.95. The molecule has 1 aliphatic rings. The van der Waals surface area contributed by atoms with Gasteiger partial charge >= 0.3 is 5.69 Å². The van der Waals surface area contributed by atoms with Crippen molar-refractivity contribution < 1.29 is 24.8 Å². The van der Waals surface area contributed by atoms with Crippen LogP contribution >= 0.6 is 0 Å². The van der Waals surface area contributed by atoms with Gasteiger partial charge in [0.15, 0.2) is 11.8 Å². The molecular weight excluding hydrogens is 284 g/mol. The highest BCUT2D eigenvalue weighted by Crippen LogP contribution is 2.37. The van der Waals surface area contributed by atoms with Crippen LogP contribution in [-0.4, -0.2) is 62.5 Å². The van der Waals surface area contributed by atoms with Gasteiger partial charge in [-0.15, -0.1) is 0 Å². The zero-order valence-electron chi connectivity index (χ0n) is 11.4. The average Bonchev–Trinajstić information content (AvgIpc) is 2.70. The van der Waals surface area contributed by atoms with Gasteiger partial charge in [0.05, 0.1) is 13.2 Å². The topological polar surface area (TPSA) is 134 Å². The summed E-state index contributed by atoms with van der Waals surface area (Å²) in [5, 5.41) is 29.9. The summed E-state index contributed by atoms with van der Waals surface area (Å²) < 4.78 is 11.4. The fourth-order valence-corrected chi connectivity index (χ4v) is 2.31. The number of ether oxygens (including phenoxy) is 2. The van der Waals surface area contributed by atoms with Crippen LogP contribution in [0.2, 0.25) is 0 Å². The lowest BCUT2D eigenvalue weighted by molar-refractivity contribution is -0.146. The highest BCUT2D eigenvalue weighted by atomic mass is 16.6. The van der Waals surface area contributed by atoms with E-state index in [-0.39, 0.29) is 13.2 Å². The summed E-state index contributed by atoms with van der Waals surface area (Å²) in [7, 11) is 0. The van der Waals surface area contributed by atoms with E-state index in [0.29, 0.717) is 0 Å². The third kappa shape index (κ3) is 2.78. The van der Waals surface area contributed by atoms with Gasteiger partial charge < -0.3 is 24.8 Å². The van der Waals surface area contributed by atoms with Crippen molar-refractivity contribution in [2.45, 2.75) is 31.0 Å². The maximum atomic E-state index is 11.8. The van der Waals surface area contributed by atoms with Gasteiger partial charge in [-0.1, -0.05) is 0 Å². The molecule has 21 heavy (non-hydrogen) atoms. The summed E-state index contributed by atoms with van der Waals surface area (Å²) in [4.78, 5) is 24.9. The zero-order valence-corrected chi connectivity index (χ0v) is 11.4. The minimum atomic E-state index is -1.93.